The van der Waals surface area contributed by atoms with E-state index in [4.69, 9.17) is 27.9 Å². The second kappa shape index (κ2) is 9.99. The third-order valence-electron chi connectivity index (χ3n) is 4.73. The Morgan fingerprint density at radius 1 is 1.24 bits per heavy atom. The molecule has 2 amide bonds. The van der Waals surface area contributed by atoms with Crippen LogP contribution in [0.25, 0.3) is 0 Å². The molecule has 0 aromatic heterocycles. The van der Waals surface area contributed by atoms with Gasteiger partial charge in [-0.25, -0.2) is 10.2 Å². The van der Waals surface area contributed by atoms with Crippen LogP contribution in [-0.2, 0) is 20.7 Å². The number of allylic oxidation sites excluding steroid dienone is 2. The van der Waals surface area contributed by atoms with Crippen LogP contribution in [0.2, 0.25) is 10.0 Å². The lowest BCUT2D eigenvalue weighted by atomic mass is 9.86. The van der Waals surface area contributed by atoms with E-state index in [1.165, 1.54) is 16.8 Å². The van der Waals surface area contributed by atoms with Gasteiger partial charge in [0.25, 0.3) is 5.91 Å². The first-order chi connectivity index (χ1) is 15.4. The normalized spacial score (nSPS) is 18.3. The topological polar surface area (TPSA) is 87.7 Å². The Morgan fingerprint density at radius 2 is 1.94 bits per heavy atom. The van der Waals surface area contributed by atoms with E-state index >= 15 is 0 Å². The maximum Gasteiger partial charge on any atom is 0.426 e. The van der Waals surface area contributed by atoms with Crippen LogP contribution in [0.1, 0.15) is 40.2 Å². The van der Waals surface area contributed by atoms with E-state index in [1.807, 2.05) is 13.8 Å². The number of hydrogen-bond acceptors (Lipinski definition) is 6. The summed E-state index contributed by atoms with van der Waals surface area (Å²) in [6.07, 6.45) is 1.36. The van der Waals surface area contributed by atoms with E-state index in [9.17, 15) is 14.4 Å². The molecule has 1 aliphatic heterocycles. The summed E-state index contributed by atoms with van der Waals surface area (Å²) in [7, 11) is 0. The maximum atomic E-state index is 13.5. The molecule has 2 aliphatic rings. The van der Waals surface area contributed by atoms with Gasteiger partial charge >= 0.3 is 6.09 Å². The number of ketones is 1. The Morgan fingerprint density at radius 3 is 2.55 bits per heavy atom. The van der Waals surface area contributed by atoms with Crippen molar-refractivity contribution in [2.75, 3.05) is 5.88 Å². The molecule has 1 unspecified atom stereocenters. The van der Waals surface area contributed by atoms with E-state index < -0.39 is 17.6 Å². The van der Waals surface area contributed by atoms with Crippen molar-refractivity contribution in [3.63, 3.8) is 0 Å². The first-order valence-corrected chi connectivity index (χ1v) is 12.3. The van der Waals surface area contributed by atoms with Gasteiger partial charge in [0.05, 0.1) is 26.4 Å². The van der Waals surface area contributed by atoms with Crippen molar-refractivity contribution in [1.82, 2.24) is 15.8 Å². The molecule has 0 spiro atoms. The van der Waals surface area contributed by atoms with Crippen LogP contribution in [0.4, 0.5) is 4.79 Å². The highest BCUT2D eigenvalue weighted by atomic mass is 35.5. The number of thioether (sulfide) groups is 1. The third kappa shape index (κ3) is 6.25. The molecule has 178 valence electrons. The van der Waals surface area contributed by atoms with E-state index in [0.717, 1.165) is 5.56 Å². The lowest BCUT2D eigenvalue weighted by molar-refractivity contribution is -0.119. The number of ether oxygens (including phenoxy) is 1. The molecule has 0 saturated carbocycles. The molecule has 7 nitrogen and oxygen atoms in total. The zero-order valence-corrected chi connectivity index (χ0v) is 21.5. The monoisotopic (exact) mass is 511 g/mol. The molecule has 2 N–H and O–H groups in total. The van der Waals surface area contributed by atoms with Crippen LogP contribution in [-0.4, -0.2) is 40.3 Å². The first-order valence-electron chi connectivity index (χ1n) is 10.5. The van der Waals surface area contributed by atoms with Gasteiger partial charge in [0.1, 0.15) is 11.3 Å². The van der Waals surface area contributed by atoms with Crippen LogP contribution in [0.3, 0.4) is 0 Å². The highest BCUT2D eigenvalue weighted by Crippen LogP contribution is 2.42. The number of benzene rings is 1. The quantitative estimate of drug-likeness (QED) is 0.587. The Balaban J connectivity index is 1.93. The minimum absolute atomic E-state index is 0.0732. The van der Waals surface area contributed by atoms with Gasteiger partial charge in [0.2, 0.25) is 0 Å². The van der Waals surface area contributed by atoms with Crippen LogP contribution in [0, 0.1) is 5.92 Å². The van der Waals surface area contributed by atoms with E-state index in [2.05, 4.69) is 10.7 Å². The lowest BCUT2D eigenvalue weighted by Crippen LogP contribution is -2.45. The first kappa shape index (κ1) is 25.5. The van der Waals surface area contributed by atoms with Crippen LogP contribution >= 0.6 is 35.0 Å². The number of amides is 2. The maximum absolute atomic E-state index is 13.5. The molecule has 1 heterocycles. The summed E-state index contributed by atoms with van der Waals surface area (Å²) in [5.41, 5.74) is 3.46. The molecule has 1 aromatic rings. The molecule has 1 aromatic carbocycles. The van der Waals surface area contributed by atoms with Gasteiger partial charge in [-0.1, -0.05) is 47.1 Å². The largest absolute Gasteiger partial charge is 0.443 e. The minimum Gasteiger partial charge on any atom is -0.443 e. The smallest absolute Gasteiger partial charge is 0.426 e. The molecule has 0 bridgehead atoms. The third-order valence-corrected chi connectivity index (χ3v) is 6.56. The SMILES string of the molecule is CC(C)NC(=O)C1=CC(Cc2ccc(Cl)c(Cl)c2)C(=O)C2=C1SCN2NC(=O)OC(C)(C)C. The molecule has 1 aliphatic carbocycles. The molecule has 1 atom stereocenters. The van der Waals surface area contributed by atoms with Crippen molar-refractivity contribution in [3.8, 4) is 0 Å². The number of carbonyl (C=O) groups excluding carboxylic acids is 3. The molecule has 33 heavy (non-hydrogen) atoms. The van der Waals surface area contributed by atoms with Crippen LogP contribution in [0.15, 0.2) is 40.5 Å². The number of halogens is 2. The van der Waals surface area contributed by atoms with Gasteiger partial charge in [-0.05, 0) is 58.7 Å². The second-order valence-electron chi connectivity index (χ2n) is 9.12. The number of nitrogens with one attached hydrogen (secondary N) is 2. The Labute approximate surface area is 207 Å². The number of Topliss-reactive ketones (excluding diaryl/α,β-unsaturated/α-hetero) is 1. The number of hydrogen-bond donors (Lipinski definition) is 2. The molecule has 0 saturated heterocycles. The average Bonchev–Trinajstić information content (AvgIpc) is 3.08. The summed E-state index contributed by atoms with van der Waals surface area (Å²) in [6, 6.07) is 5.11. The fourth-order valence-corrected chi connectivity index (χ4v) is 4.89. The lowest BCUT2D eigenvalue weighted by Gasteiger charge is -2.28. The molecular weight excluding hydrogens is 485 g/mol. The summed E-state index contributed by atoms with van der Waals surface area (Å²) >= 11 is 13.5. The summed E-state index contributed by atoms with van der Waals surface area (Å²) in [6.45, 7) is 9.00. The predicted octanol–water partition coefficient (Wildman–Crippen LogP) is 4.84. The number of hydrazine groups is 1. The standard InChI is InChI=1S/C23H27Cl2N3O4S/c1-12(2)26-21(30)15-10-14(8-13-6-7-16(24)17(25)9-13)19(29)18-20(15)33-11-28(18)27-22(31)32-23(3,4)5/h6-7,9-10,12,14H,8,11H2,1-5H3,(H,26,30)(H,27,31). The highest BCUT2D eigenvalue weighted by molar-refractivity contribution is 8.03. The van der Waals surface area contributed by atoms with Gasteiger partial charge in [-0.2, -0.15) is 0 Å². The summed E-state index contributed by atoms with van der Waals surface area (Å²) in [5.74, 6) is -0.800. The summed E-state index contributed by atoms with van der Waals surface area (Å²) in [5, 5.41) is 5.16. The second-order valence-corrected chi connectivity index (χ2v) is 10.9. The van der Waals surface area contributed by atoms with Crippen molar-refractivity contribution in [1.29, 1.82) is 0 Å². The fourth-order valence-electron chi connectivity index (χ4n) is 3.45. The number of carbonyl (C=O) groups is 3. The van der Waals surface area contributed by atoms with Crippen molar-refractivity contribution in [2.45, 2.75) is 52.7 Å². The van der Waals surface area contributed by atoms with Crippen LogP contribution < -0.4 is 10.7 Å². The van der Waals surface area contributed by atoms with Gasteiger partial charge in [0, 0.05) is 12.0 Å². The number of rotatable bonds is 5. The van der Waals surface area contributed by atoms with Gasteiger partial charge < -0.3 is 10.1 Å². The van der Waals surface area contributed by atoms with Crippen LogP contribution in [0.5, 0.6) is 0 Å². The molecular formula is C23H27Cl2N3O4S. The van der Waals surface area contributed by atoms with E-state index in [-0.39, 0.29) is 29.3 Å². The number of nitrogens with zero attached hydrogens (tertiary/aromatic N) is 1. The fraction of sp³-hybridized carbons (Fsp3) is 0.435. The summed E-state index contributed by atoms with van der Waals surface area (Å²) < 4.78 is 5.33. The van der Waals surface area contributed by atoms with Gasteiger partial charge in [0.15, 0.2) is 5.78 Å². The highest BCUT2D eigenvalue weighted by Gasteiger charge is 2.40. The zero-order valence-electron chi connectivity index (χ0n) is 19.1. The van der Waals surface area contributed by atoms with Gasteiger partial charge in [-0.3, -0.25) is 14.6 Å². The Kier molecular flexibility index (Phi) is 7.71. The van der Waals surface area contributed by atoms with E-state index in [0.29, 0.717) is 26.9 Å². The Bertz CT molecular complexity index is 1050. The minimum atomic E-state index is -0.691. The van der Waals surface area contributed by atoms with Crippen molar-refractivity contribution in [3.05, 3.63) is 56.1 Å². The molecule has 3 rings (SSSR count). The zero-order chi connectivity index (χ0) is 24.5. The van der Waals surface area contributed by atoms with Gasteiger partial charge in [-0.15, -0.1) is 0 Å². The average molecular weight is 512 g/mol. The Hall–Kier alpha value is -2.16. The molecule has 10 heteroatoms. The van der Waals surface area contributed by atoms with E-state index in [1.54, 1.807) is 45.0 Å². The molecule has 0 fully saturated rings. The predicted molar refractivity (Wildman–Crippen MR) is 131 cm³/mol. The summed E-state index contributed by atoms with van der Waals surface area (Å²) in [4.78, 5) is 39.4. The van der Waals surface area contributed by atoms with Crippen molar-refractivity contribution >= 4 is 52.7 Å². The molecule has 0 radical (unpaired) electrons. The van der Waals surface area contributed by atoms with Crippen molar-refractivity contribution in [2.24, 2.45) is 5.92 Å². The van der Waals surface area contributed by atoms with Crippen molar-refractivity contribution < 1.29 is 19.1 Å².